The molecule has 1 fully saturated rings. The summed E-state index contributed by atoms with van der Waals surface area (Å²) < 4.78 is 1.76. The van der Waals surface area contributed by atoms with Crippen LogP contribution in [0.5, 0.6) is 0 Å². The van der Waals surface area contributed by atoms with Crippen molar-refractivity contribution in [3.8, 4) is 0 Å². The summed E-state index contributed by atoms with van der Waals surface area (Å²) >= 11 is 0. The molecule has 112 valence electrons. The summed E-state index contributed by atoms with van der Waals surface area (Å²) in [7, 11) is 0. The van der Waals surface area contributed by atoms with Gasteiger partial charge in [0, 0.05) is 25.4 Å². The van der Waals surface area contributed by atoms with Crippen molar-refractivity contribution >= 4 is 11.6 Å². The lowest BCUT2D eigenvalue weighted by Crippen LogP contribution is -2.42. The van der Waals surface area contributed by atoms with Crippen LogP contribution in [0.15, 0.2) is 12.3 Å². The molecule has 2 aromatic rings. The predicted octanol–water partition coefficient (Wildman–Crippen LogP) is 2.46. The zero-order valence-electron chi connectivity index (χ0n) is 13.1. The number of aromatic nitrogens is 3. The maximum absolute atomic E-state index is 12.8. The maximum atomic E-state index is 12.8. The quantitative estimate of drug-likeness (QED) is 0.809. The third-order valence-electron chi connectivity index (χ3n) is 4.70. The van der Waals surface area contributed by atoms with Gasteiger partial charge in [0.05, 0.1) is 17.0 Å². The summed E-state index contributed by atoms with van der Waals surface area (Å²) in [5, 5.41) is 4.41. The van der Waals surface area contributed by atoms with Gasteiger partial charge < -0.3 is 4.90 Å². The molecule has 2 atom stereocenters. The van der Waals surface area contributed by atoms with Crippen LogP contribution in [0.2, 0.25) is 0 Å². The van der Waals surface area contributed by atoms with E-state index in [4.69, 9.17) is 0 Å². The lowest BCUT2D eigenvalue weighted by Gasteiger charge is -2.35. The van der Waals surface area contributed by atoms with Gasteiger partial charge in [-0.05, 0) is 32.1 Å². The molecule has 21 heavy (non-hydrogen) atoms. The van der Waals surface area contributed by atoms with Gasteiger partial charge in [0.25, 0.3) is 5.91 Å². The number of aryl methyl sites for hydroxylation is 2. The Hall–Kier alpha value is -1.91. The highest BCUT2D eigenvalue weighted by Crippen LogP contribution is 2.24. The van der Waals surface area contributed by atoms with Crippen LogP contribution >= 0.6 is 0 Å². The van der Waals surface area contributed by atoms with Crippen molar-refractivity contribution in [1.82, 2.24) is 19.5 Å². The van der Waals surface area contributed by atoms with E-state index in [9.17, 15) is 4.79 Å². The first-order valence-corrected chi connectivity index (χ1v) is 7.58. The molecule has 0 spiro atoms. The van der Waals surface area contributed by atoms with Crippen molar-refractivity contribution in [3.63, 3.8) is 0 Å². The zero-order chi connectivity index (χ0) is 15.1. The molecule has 0 radical (unpaired) electrons. The Bertz CT molecular complexity index is 691. The molecule has 5 nitrogen and oxygen atoms in total. The fourth-order valence-corrected chi connectivity index (χ4v) is 2.99. The second kappa shape index (κ2) is 5.13. The highest BCUT2D eigenvalue weighted by molar-refractivity contribution is 5.95. The van der Waals surface area contributed by atoms with Gasteiger partial charge in [-0.2, -0.15) is 5.10 Å². The molecular weight excluding hydrogens is 264 g/mol. The Morgan fingerprint density at radius 2 is 2.05 bits per heavy atom. The summed E-state index contributed by atoms with van der Waals surface area (Å²) in [5.74, 6) is 1.31. The van der Waals surface area contributed by atoms with Crippen molar-refractivity contribution in [1.29, 1.82) is 0 Å². The van der Waals surface area contributed by atoms with Crippen LogP contribution in [-0.4, -0.2) is 38.5 Å². The van der Waals surface area contributed by atoms with Crippen LogP contribution in [0.4, 0.5) is 0 Å². The van der Waals surface area contributed by atoms with Crippen molar-refractivity contribution < 1.29 is 4.79 Å². The monoisotopic (exact) mass is 286 g/mol. The molecule has 0 N–H and O–H groups in total. The van der Waals surface area contributed by atoms with Crippen LogP contribution in [-0.2, 0) is 0 Å². The number of carbonyl (C=O) groups excluding carboxylic acids is 1. The number of piperidine rings is 1. The van der Waals surface area contributed by atoms with Gasteiger partial charge in [0.2, 0.25) is 0 Å². The number of fused-ring (bicyclic) bond motifs is 1. The second-order valence-electron chi connectivity index (χ2n) is 6.31. The number of carbonyl (C=O) groups is 1. The lowest BCUT2D eigenvalue weighted by molar-refractivity contribution is 0.0625. The molecule has 1 saturated heterocycles. The Kier molecular flexibility index (Phi) is 3.43. The summed E-state index contributed by atoms with van der Waals surface area (Å²) in [5.41, 5.74) is 3.23. The summed E-state index contributed by atoms with van der Waals surface area (Å²) in [6.07, 6.45) is 2.76. The summed E-state index contributed by atoms with van der Waals surface area (Å²) in [4.78, 5) is 19.1. The fraction of sp³-hybridized carbons (Fsp3) is 0.562. The minimum Gasteiger partial charge on any atom is -0.338 e. The van der Waals surface area contributed by atoms with Crippen LogP contribution in [0.3, 0.4) is 0 Å². The van der Waals surface area contributed by atoms with Gasteiger partial charge in [0.15, 0.2) is 5.65 Å². The lowest BCUT2D eigenvalue weighted by atomic mass is 9.88. The smallest absolute Gasteiger partial charge is 0.257 e. The first kappa shape index (κ1) is 14.0. The van der Waals surface area contributed by atoms with E-state index in [2.05, 4.69) is 23.9 Å². The Morgan fingerprint density at radius 3 is 2.76 bits per heavy atom. The molecule has 0 bridgehead atoms. The fourth-order valence-electron chi connectivity index (χ4n) is 2.99. The molecule has 0 aromatic carbocycles. The van der Waals surface area contributed by atoms with Crippen molar-refractivity contribution in [2.45, 2.75) is 34.1 Å². The first-order chi connectivity index (χ1) is 9.97. The SMILES string of the molecule is Cc1cc2ncc(C(=O)N3CCC(C)C(C)C3)c(C)n2n1. The van der Waals surface area contributed by atoms with E-state index in [1.54, 1.807) is 10.7 Å². The minimum absolute atomic E-state index is 0.0776. The summed E-state index contributed by atoms with van der Waals surface area (Å²) in [6, 6.07) is 1.92. The maximum Gasteiger partial charge on any atom is 0.257 e. The van der Waals surface area contributed by atoms with Crippen molar-refractivity contribution in [2.75, 3.05) is 13.1 Å². The molecule has 2 unspecified atom stereocenters. The number of hydrogen-bond acceptors (Lipinski definition) is 3. The molecule has 1 aliphatic rings. The topological polar surface area (TPSA) is 50.5 Å². The van der Waals surface area contributed by atoms with Crippen LogP contribution in [0, 0.1) is 25.7 Å². The van der Waals surface area contributed by atoms with Gasteiger partial charge >= 0.3 is 0 Å². The first-order valence-electron chi connectivity index (χ1n) is 7.58. The van der Waals surface area contributed by atoms with Crippen molar-refractivity contribution in [2.24, 2.45) is 11.8 Å². The zero-order valence-corrected chi connectivity index (χ0v) is 13.1. The Balaban J connectivity index is 1.93. The predicted molar refractivity (Wildman–Crippen MR) is 81.3 cm³/mol. The highest BCUT2D eigenvalue weighted by atomic mass is 16.2. The van der Waals surface area contributed by atoms with E-state index in [1.807, 2.05) is 24.8 Å². The number of amides is 1. The molecule has 5 heteroatoms. The largest absolute Gasteiger partial charge is 0.338 e. The van der Waals surface area contributed by atoms with E-state index < -0.39 is 0 Å². The normalized spacial score (nSPS) is 22.8. The highest BCUT2D eigenvalue weighted by Gasteiger charge is 2.28. The van der Waals surface area contributed by atoms with Gasteiger partial charge in [0.1, 0.15) is 0 Å². The Labute approximate surface area is 125 Å². The molecule has 3 heterocycles. The van der Waals surface area contributed by atoms with Gasteiger partial charge in [-0.25, -0.2) is 9.50 Å². The molecule has 2 aromatic heterocycles. The van der Waals surface area contributed by atoms with Gasteiger partial charge in [-0.3, -0.25) is 4.79 Å². The second-order valence-corrected chi connectivity index (χ2v) is 6.31. The average Bonchev–Trinajstić information content (AvgIpc) is 2.83. The minimum atomic E-state index is 0.0776. The molecule has 3 rings (SSSR count). The van der Waals surface area contributed by atoms with Gasteiger partial charge in [-0.15, -0.1) is 0 Å². The number of rotatable bonds is 1. The number of nitrogens with zero attached hydrogens (tertiary/aromatic N) is 4. The third kappa shape index (κ3) is 2.41. The number of likely N-dealkylation sites (tertiary alicyclic amines) is 1. The Morgan fingerprint density at radius 1 is 1.29 bits per heavy atom. The average molecular weight is 286 g/mol. The third-order valence-corrected chi connectivity index (χ3v) is 4.70. The van der Waals surface area contributed by atoms with E-state index >= 15 is 0 Å². The van der Waals surface area contributed by atoms with E-state index in [-0.39, 0.29) is 5.91 Å². The van der Waals surface area contributed by atoms with E-state index in [1.165, 1.54) is 0 Å². The molecule has 0 saturated carbocycles. The van der Waals surface area contributed by atoms with Crippen LogP contribution in [0.25, 0.3) is 5.65 Å². The van der Waals surface area contributed by atoms with E-state index in [0.29, 0.717) is 17.4 Å². The van der Waals surface area contributed by atoms with Crippen LogP contribution in [0.1, 0.15) is 42.0 Å². The van der Waals surface area contributed by atoms with Crippen molar-refractivity contribution in [3.05, 3.63) is 29.2 Å². The van der Waals surface area contributed by atoms with Gasteiger partial charge in [-0.1, -0.05) is 13.8 Å². The van der Waals surface area contributed by atoms with E-state index in [0.717, 1.165) is 36.5 Å². The molecule has 1 aliphatic heterocycles. The standard InChI is InChI=1S/C16H22N4O/c1-10-5-6-19(9-11(10)2)16(21)14-8-17-15-7-12(3)18-20(15)13(14)4/h7-8,10-11H,5-6,9H2,1-4H3. The molecule has 0 aliphatic carbocycles. The molecular formula is C16H22N4O. The van der Waals surface area contributed by atoms with Crippen LogP contribution < -0.4 is 0 Å². The number of hydrogen-bond donors (Lipinski definition) is 0. The molecule has 1 amide bonds. The summed E-state index contributed by atoms with van der Waals surface area (Å²) in [6.45, 7) is 10.0.